The Bertz CT molecular complexity index is 593. The Balaban J connectivity index is 0.00000242. The van der Waals surface area contributed by atoms with Gasteiger partial charge in [0, 0.05) is 22.6 Å². The molecule has 2 nitrogen and oxygen atoms in total. The van der Waals surface area contributed by atoms with Crippen LogP contribution in [0.1, 0.15) is 31.0 Å². The molecule has 0 aliphatic rings. The van der Waals surface area contributed by atoms with Crippen LogP contribution < -0.4 is 10.1 Å². The second kappa shape index (κ2) is 9.56. The maximum absolute atomic E-state index is 5.75. The molecule has 0 aliphatic carbocycles. The van der Waals surface area contributed by atoms with Crippen LogP contribution in [0.15, 0.2) is 51.4 Å². The average Bonchev–Trinajstić information content (AvgIpc) is 2.48. The van der Waals surface area contributed by atoms with E-state index >= 15 is 0 Å². The summed E-state index contributed by atoms with van der Waals surface area (Å²) in [6.45, 7) is 5.58. The molecule has 0 aliphatic heterocycles. The Hall–Kier alpha value is -0.550. The first-order valence-electron chi connectivity index (χ1n) is 7.01. The number of rotatable bonds is 6. The molecule has 22 heavy (non-hydrogen) atoms. The van der Waals surface area contributed by atoms with Gasteiger partial charge in [0.1, 0.15) is 5.75 Å². The van der Waals surface area contributed by atoms with Gasteiger partial charge in [0.05, 0.1) is 11.1 Å². The lowest BCUT2D eigenvalue weighted by molar-refractivity contribution is 0.332. The van der Waals surface area contributed by atoms with Crippen LogP contribution in [-0.4, -0.2) is 6.61 Å². The normalized spacial score (nSPS) is 11.6. The van der Waals surface area contributed by atoms with Crippen molar-refractivity contribution in [2.24, 2.45) is 0 Å². The number of halogens is 3. The van der Waals surface area contributed by atoms with E-state index < -0.39 is 0 Å². The summed E-state index contributed by atoms with van der Waals surface area (Å²) in [6, 6.07) is 14.8. The van der Waals surface area contributed by atoms with Crippen molar-refractivity contribution in [3.8, 4) is 5.75 Å². The second-order valence-electron chi connectivity index (χ2n) is 4.82. The van der Waals surface area contributed by atoms with Gasteiger partial charge >= 0.3 is 0 Å². The summed E-state index contributed by atoms with van der Waals surface area (Å²) < 4.78 is 7.77. The summed E-state index contributed by atoms with van der Waals surface area (Å²) in [7, 11) is 0. The van der Waals surface area contributed by atoms with Crippen molar-refractivity contribution in [2.45, 2.75) is 26.4 Å². The highest BCUT2D eigenvalue weighted by molar-refractivity contribution is 9.11. The zero-order valence-electron chi connectivity index (χ0n) is 12.6. The Kier molecular flexibility index (Phi) is 8.47. The predicted octanol–water partition coefficient (Wildman–Crippen LogP) is 5.88. The van der Waals surface area contributed by atoms with E-state index in [1.54, 1.807) is 0 Å². The van der Waals surface area contributed by atoms with Crippen molar-refractivity contribution in [3.63, 3.8) is 0 Å². The molecule has 5 heteroatoms. The first-order chi connectivity index (χ1) is 10.1. The molecule has 0 amide bonds. The van der Waals surface area contributed by atoms with Gasteiger partial charge < -0.3 is 10.1 Å². The molecular formula is C17H20Br2ClNO. The molecular weight excluding hydrogens is 429 g/mol. The molecule has 120 valence electrons. The third-order valence-electron chi connectivity index (χ3n) is 3.27. The monoisotopic (exact) mass is 447 g/mol. The molecule has 0 heterocycles. The topological polar surface area (TPSA) is 21.3 Å². The van der Waals surface area contributed by atoms with Crippen LogP contribution in [0.4, 0.5) is 0 Å². The van der Waals surface area contributed by atoms with Crippen molar-refractivity contribution in [1.29, 1.82) is 0 Å². The Morgan fingerprint density at radius 2 is 1.82 bits per heavy atom. The van der Waals surface area contributed by atoms with Crippen molar-refractivity contribution in [2.75, 3.05) is 6.61 Å². The van der Waals surface area contributed by atoms with Gasteiger partial charge in [-0.2, -0.15) is 0 Å². The number of ether oxygens (including phenoxy) is 1. The molecule has 0 bridgehead atoms. The van der Waals surface area contributed by atoms with Crippen molar-refractivity contribution in [3.05, 3.63) is 62.5 Å². The van der Waals surface area contributed by atoms with Gasteiger partial charge in [-0.3, -0.25) is 0 Å². The molecule has 0 fully saturated rings. The van der Waals surface area contributed by atoms with Gasteiger partial charge in [-0.15, -0.1) is 12.4 Å². The van der Waals surface area contributed by atoms with E-state index in [1.807, 2.05) is 19.1 Å². The zero-order chi connectivity index (χ0) is 15.2. The van der Waals surface area contributed by atoms with Crippen LogP contribution in [-0.2, 0) is 6.54 Å². The standard InChI is InChI=1S/C17H19Br2NO.ClH/c1-3-21-17-14(9-15(18)10-16(17)19)11-20-12(2)13-7-5-4-6-8-13;/h4-10,12,20H,3,11H2,1-2H3;1H. The largest absolute Gasteiger partial charge is 0.492 e. The average molecular weight is 450 g/mol. The summed E-state index contributed by atoms with van der Waals surface area (Å²) in [5.74, 6) is 0.911. The van der Waals surface area contributed by atoms with E-state index in [0.717, 1.165) is 26.8 Å². The van der Waals surface area contributed by atoms with Gasteiger partial charge in [0.25, 0.3) is 0 Å². The fourth-order valence-corrected chi connectivity index (χ4v) is 3.60. The molecule has 0 radical (unpaired) electrons. The summed E-state index contributed by atoms with van der Waals surface area (Å²) in [4.78, 5) is 0. The first kappa shape index (κ1) is 19.5. The van der Waals surface area contributed by atoms with Gasteiger partial charge in [-0.1, -0.05) is 46.3 Å². The van der Waals surface area contributed by atoms with Crippen molar-refractivity contribution >= 4 is 44.3 Å². The Labute approximate surface area is 155 Å². The highest BCUT2D eigenvalue weighted by Gasteiger charge is 2.11. The molecule has 2 aromatic rings. The number of benzene rings is 2. The third kappa shape index (κ3) is 5.27. The van der Waals surface area contributed by atoms with Crippen LogP contribution >= 0.6 is 44.3 Å². The smallest absolute Gasteiger partial charge is 0.138 e. The third-order valence-corrected chi connectivity index (χ3v) is 4.32. The molecule has 0 saturated heterocycles. The molecule has 0 spiro atoms. The Morgan fingerprint density at radius 3 is 2.45 bits per heavy atom. The van der Waals surface area contributed by atoms with Gasteiger partial charge in [0.2, 0.25) is 0 Å². The molecule has 1 N–H and O–H groups in total. The minimum absolute atomic E-state index is 0. The van der Waals surface area contributed by atoms with E-state index in [9.17, 15) is 0 Å². The summed E-state index contributed by atoms with van der Waals surface area (Å²) in [5, 5.41) is 3.55. The maximum atomic E-state index is 5.75. The SMILES string of the molecule is CCOc1c(Br)cc(Br)cc1CNC(C)c1ccccc1.Cl. The van der Waals surface area contributed by atoms with Crippen molar-refractivity contribution in [1.82, 2.24) is 5.32 Å². The number of nitrogens with one attached hydrogen (secondary N) is 1. The highest BCUT2D eigenvalue weighted by Crippen LogP contribution is 2.33. The second-order valence-corrected chi connectivity index (χ2v) is 6.59. The minimum atomic E-state index is 0. The molecule has 1 atom stereocenters. The van der Waals surface area contributed by atoms with Crippen LogP contribution in [0.25, 0.3) is 0 Å². The quantitative estimate of drug-likeness (QED) is 0.594. The summed E-state index contributed by atoms with van der Waals surface area (Å²) in [5.41, 5.74) is 2.42. The van der Waals surface area contributed by atoms with E-state index in [4.69, 9.17) is 4.74 Å². The molecule has 1 unspecified atom stereocenters. The highest BCUT2D eigenvalue weighted by atomic mass is 79.9. The first-order valence-corrected chi connectivity index (χ1v) is 8.59. The van der Waals surface area contributed by atoms with E-state index in [0.29, 0.717) is 12.6 Å². The maximum Gasteiger partial charge on any atom is 0.138 e. The van der Waals surface area contributed by atoms with E-state index in [2.05, 4.69) is 74.4 Å². The predicted molar refractivity (Wildman–Crippen MR) is 102 cm³/mol. The van der Waals surface area contributed by atoms with Gasteiger partial charge in [-0.25, -0.2) is 0 Å². The summed E-state index contributed by atoms with van der Waals surface area (Å²) in [6.07, 6.45) is 0. The molecule has 2 aromatic carbocycles. The fraction of sp³-hybridized carbons (Fsp3) is 0.294. The Morgan fingerprint density at radius 1 is 1.14 bits per heavy atom. The fourth-order valence-electron chi connectivity index (χ4n) is 2.17. The minimum Gasteiger partial charge on any atom is -0.492 e. The summed E-state index contributed by atoms with van der Waals surface area (Å²) >= 11 is 7.10. The lowest BCUT2D eigenvalue weighted by Crippen LogP contribution is -2.18. The van der Waals surface area contributed by atoms with Crippen LogP contribution in [0.5, 0.6) is 5.75 Å². The number of hydrogen-bond donors (Lipinski definition) is 1. The van der Waals surface area contributed by atoms with Gasteiger partial charge in [-0.05, 0) is 47.5 Å². The zero-order valence-corrected chi connectivity index (χ0v) is 16.6. The van der Waals surface area contributed by atoms with Crippen LogP contribution in [0.2, 0.25) is 0 Å². The van der Waals surface area contributed by atoms with Crippen molar-refractivity contribution < 1.29 is 4.74 Å². The van der Waals surface area contributed by atoms with Crippen LogP contribution in [0.3, 0.4) is 0 Å². The van der Waals surface area contributed by atoms with Gasteiger partial charge in [0.15, 0.2) is 0 Å². The molecule has 2 rings (SSSR count). The van der Waals surface area contributed by atoms with Crippen LogP contribution in [0, 0.1) is 0 Å². The van der Waals surface area contributed by atoms with E-state index in [-0.39, 0.29) is 12.4 Å². The number of hydrogen-bond acceptors (Lipinski definition) is 2. The lowest BCUT2D eigenvalue weighted by atomic mass is 10.1. The molecule has 0 aromatic heterocycles. The lowest BCUT2D eigenvalue weighted by Gasteiger charge is -2.17. The molecule has 0 saturated carbocycles. The van der Waals surface area contributed by atoms with E-state index in [1.165, 1.54) is 5.56 Å².